The third-order valence-corrected chi connectivity index (χ3v) is 2.33. The Bertz CT molecular complexity index is 665. The van der Waals surface area contributed by atoms with Crippen LogP contribution in [0.2, 0.25) is 0 Å². The lowest BCUT2D eigenvalue weighted by molar-refractivity contribution is 0.430. The van der Waals surface area contributed by atoms with Gasteiger partial charge in [-0.3, -0.25) is 0 Å². The zero-order chi connectivity index (χ0) is 11.7. The minimum absolute atomic E-state index is 0.147. The van der Waals surface area contributed by atoms with Gasteiger partial charge < -0.3 is 4.74 Å². The second-order valence-electron chi connectivity index (χ2n) is 3.43. The van der Waals surface area contributed by atoms with Gasteiger partial charge in [0.2, 0.25) is 5.88 Å². The normalized spacial score (nSPS) is 10.6. The van der Waals surface area contributed by atoms with Crippen LogP contribution in [-0.2, 0) is 0 Å². The highest BCUT2D eigenvalue weighted by Crippen LogP contribution is 2.25. The average Bonchev–Trinajstić information content (AvgIpc) is 2.81. The first-order valence-electron chi connectivity index (χ1n) is 5.05. The van der Waals surface area contributed by atoms with Crippen molar-refractivity contribution in [3.63, 3.8) is 0 Å². The molecule has 84 valence electrons. The third kappa shape index (κ3) is 1.71. The smallest absolute Gasteiger partial charge is 0.245 e. The fourth-order valence-electron chi connectivity index (χ4n) is 1.54. The summed E-state index contributed by atoms with van der Waals surface area (Å²) in [5, 5.41) is 4.05. The summed E-state index contributed by atoms with van der Waals surface area (Å²) in [6, 6.07) is 7.95. The van der Waals surface area contributed by atoms with Gasteiger partial charge in [0.1, 0.15) is 5.52 Å². The van der Waals surface area contributed by atoms with Gasteiger partial charge in [0.15, 0.2) is 11.6 Å². The van der Waals surface area contributed by atoms with E-state index in [0.29, 0.717) is 11.4 Å². The molecule has 0 saturated carbocycles. The molecule has 0 fully saturated rings. The van der Waals surface area contributed by atoms with Crippen molar-refractivity contribution >= 4 is 5.52 Å². The Morgan fingerprint density at radius 3 is 2.88 bits per heavy atom. The zero-order valence-electron chi connectivity index (χ0n) is 8.75. The molecule has 0 N–H and O–H groups in total. The summed E-state index contributed by atoms with van der Waals surface area (Å²) >= 11 is 0. The maximum Gasteiger partial charge on any atom is 0.245 e. The maximum atomic E-state index is 13.4. The van der Waals surface area contributed by atoms with Crippen molar-refractivity contribution in [2.24, 2.45) is 0 Å². The SMILES string of the molecule is Fc1ccccc1Oc1nccn2nccc12. The first-order chi connectivity index (χ1) is 8.34. The highest BCUT2D eigenvalue weighted by molar-refractivity contribution is 5.56. The van der Waals surface area contributed by atoms with Crippen LogP contribution in [0.25, 0.3) is 5.52 Å². The molecule has 1 aromatic carbocycles. The van der Waals surface area contributed by atoms with Crippen molar-refractivity contribution in [2.45, 2.75) is 0 Å². The molecule has 0 saturated heterocycles. The highest BCUT2D eigenvalue weighted by atomic mass is 19.1. The third-order valence-electron chi connectivity index (χ3n) is 2.33. The van der Waals surface area contributed by atoms with Crippen molar-refractivity contribution in [2.75, 3.05) is 0 Å². The summed E-state index contributed by atoms with van der Waals surface area (Å²) in [4.78, 5) is 4.07. The number of nitrogens with zero attached hydrogens (tertiary/aromatic N) is 3. The lowest BCUT2D eigenvalue weighted by Crippen LogP contribution is -1.94. The van der Waals surface area contributed by atoms with Crippen molar-refractivity contribution in [1.29, 1.82) is 0 Å². The molecule has 2 heterocycles. The Morgan fingerprint density at radius 1 is 1.12 bits per heavy atom. The standard InChI is InChI=1S/C12H8FN3O/c13-9-3-1-2-4-11(9)17-12-10-5-6-15-16(10)8-7-14-12/h1-8H. The predicted molar refractivity (Wildman–Crippen MR) is 59.5 cm³/mol. The van der Waals surface area contributed by atoms with Crippen LogP contribution < -0.4 is 4.74 Å². The Kier molecular flexibility index (Phi) is 2.22. The molecule has 0 aliphatic rings. The molecule has 17 heavy (non-hydrogen) atoms. The summed E-state index contributed by atoms with van der Waals surface area (Å²) < 4.78 is 20.5. The summed E-state index contributed by atoms with van der Waals surface area (Å²) in [5.41, 5.74) is 0.691. The topological polar surface area (TPSA) is 39.4 Å². The van der Waals surface area contributed by atoms with E-state index in [0.717, 1.165) is 0 Å². The van der Waals surface area contributed by atoms with Gasteiger partial charge in [0, 0.05) is 12.4 Å². The van der Waals surface area contributed by atoms with E-state index in [4.69, 9.17) is 4.74 Å². The summed E-state index contributed by atoms with van der Waals surface area (Å²) in [6.45, 7) is 0. The first kappa shape index (κ1) is 9.77. The van der Waals surface area contributed by atoms with Crippen molar-refractivity contribution < 1.29 is 9.13 Å². The highest BCUT2D eigenvalue weighted by Gasteiger charge is 2.08. The lowest BCUT2D eigenvalue weighted by Gasteiger charge is -2.06. The van der Waals surface area contributed by atoms with E-state index in [1.807, 2.05) is 0 Å². The van der Waals surface area contributed by atoms with Gasteiger partial charge >= 0.3 is 0 Å². The van der Waals surface area contributed by atoms with E-state index in [2.05, 4.69) is 10.1 Å². The Morgan fingerprint density at radius 2 is 2.00 bits per heavy atom. The number of rotatable bonds is 2. The molecule has 4 nitrogen and oxygen atoms in total. The molecule has 0 spiro atoms. The van der Waals surface area contributed by atoms with E-state index in [-0.39, 0.29) is 5.75 Å². The van der Waals surface area contributed by atoms with Crippen molar-refractivity contribution in [3.05, 3.63) is 54.7 Å². The molecule has 3 rings (SSSR count). The number of aromatic nitrogens is 3. The fourth-order valence-corrected chi connectivity index (χ4v) is 1.54. The van der Waals surface area contributed by atoms with E-state index in [9.17, 15) is 4.39 Å². The van der Waals surface area contributed by atoms with Gasteiger partial charge in [-0.15, -0.1) is 0 Å². The summed E-state index contributed by atoms with van der Waals surface area (Å²) in [6.07, 6.45) is 4.88. The molecular formula is C12H8FN3O. The number of benzene rings is 1. The number of para-hydroxylation sites is 1. The molecule has 3 aromatic rings. The molecule has 0 amide bonds. The summed E-state index contributed by atoms with van der Waals surface area (Å²) in [7, 11) is 0. The van der Waals surface area contributed by atoms with Crippen LogP contribution in [0.5, 0.6) is 11.6 Å². The molecule has 0 unspecified atom stereocenters. The predicted octanol–water partition coefficient (Wildman–Crippen LogP) is 2.66. The monoisotopic (exact) mass is 229 g/mol. The lowest BCUT2D eigenvalue weighted by atomic mass is 10.3. The zero-order valence-corrected chi connectivity index (χ0v) is 8.75. The van der Waals surface area contributed by atoms with Gasteiger partial charge in [-0.25, -0.2) is 13.9 Å². The minimum atomic E-state index is -0.421. The molecule has 0 bridgehead atoms. The van der Waals surface area contributed by atoms with Crippen LogP contribution in [0, 0.1) is 5.82 Å². The van der Waals surface area contributed by atoms with Gasteiger partial charge in [-0.1, -0.05) is 12.1 Å². The minimum Gasteiger partial charge on any atom is -0.434 e. The van der Waals surface area contributed by atoms with Gasteiger partial charge in [0.05, 0.1) is 6.20 Å². The van der Waals surface area contributed by atoms with Gasteiger partial charge in [-0.05, 0) is 18.2 Å². The van der Waals surface area contributed by atoms with Crippen LogP contribution in [-0.4, -0.2) is 14.6 Å². The number of hydrogen-bond donors (Lipinski definition) is 0. The number of hydrogen-bond acceptors (Lipinski definition) is 3. The van der Waals surface area contributed by atoms with Crippen molar-refractivity contribution in [3.8, 4) is 11.6 Å². The molecule has 5 heteroatoms. The van der Waals surface area contributed by atoms with E-state index >= 15 is 0 Å². The number of halogens is 1. The second-order valence-corrected chi connectivity index (χ2v) is 3.43. The molecule has 0 atom stereocenters. The van der Waals surface area contributed by atoms with Crippen LogP contribution in [0.15, 0.2) is 48.9 Å². The Hall–Kier alpha value is -2.43. The van der Waals surface area contributed by atoms with E-state index in [1.54, 1.807) is 47.4 Å². The largest absolute Gasteiger partial charge is 0.434 e. The number of fused-ring (bicyclic) bond motifs is 1. The van der Waals surface area contributed by atoms with Crippen LogP contribution in [0.3, 0.4) is 0 Å². The molecular weight excluding hydrogens is 221 g/mol. The van der Waals surface area contributed by atoms with E-state index in [1.165, 1.54) is 6.07 Å². The first-order valence-corrected chi connectivity index (χ1v) is 5.05. The van der Waals surface area contributed by atoms with Crippen molar-refractivity contribution in [1.82, 2.24) is 14.6 Å². The van der Waals surface area contributed by atoms with Crippen LogP contribution in [0.1, 0.15) is 0 Å². The molecule has 0 aliphatic heterocycles. The Labute approximate surface area is 96.3 Å². The van der Waals surface area contributed by atoms with Crippen LogP contribution in [0.4, 0.5) is 4.39 Å². The van der Waals surface area contributed by atoms with Gasteiger partial charge in [0.25, 0.3) is 0 Å². The number of ether oxygens (including phenoxy) is 1. The Balaban J connectivity index is 2.06. The quantitative estimate of drug-likeness (QED) is 0.678. The van der Waals surface area contributed by atoms with E-state index < -0.39 is 5.82 Å². The summed E-state index contributed by atoms with van der Waals surface area (Å²) in [5.74, 6) is 0.0558. The fraction of sp³-hybridized carbons (Fsp3) is 0. The molecule has 2 aromatic heterocycles. The molecule has 0 radical (unpaired) electrons. The average molecular weight is 229 g/mol. The maximum absolute atomic E-state index is 13.4. The van der Waals surface area contributed by atoms with Crippen LogP contribution >= 0.6 is 0 Å². The second kappa shape index (κ2) is 3.86. The van der Waals surface area contributed by atoms with Gasteiger partial charge in [-0.2, -0.15) is 5.10 Å². The molecule has 0 aliphatic carbocycles.